The zero-order chi connectivity index (χ0) is 16.7. The van der Waals surface area contributed by atoms with Crippen molar-refractivity contribution in [2.45, 2.75) is 0 Å². The zero-order valence-electron chi connectivity index (χ0n) is 11.9. The molecule has 8 heteroatoms. The van der Waals surface area contributed by atoms with Crippen molar-refractivity contribution in [2.75, 3.05) is 12.5 Å². The van der Waals surface area contributed by atoms with Crippen LogP contribution in [-0.4, -0.2) is 28.9 Å². The summed E-state index contributed by atoms with van der Waals surface area (Å²) in [5.41, 5.74) is 3.31. The summed E-state index contributed by atoms with van der Waals surface area (Å²) in [6.07, 6.45) is 0. The molecule has 8 nitrogen and oxygen atoms in total. The van der Waals surface area contributed by atoms with Gasteiger partial charge in [-0.2, -0.15) is 0 Å². The molecular weight excluding hydrogens is 302 g/mol. The molecule has 2 aromatic rings. The van der Waals surface area contributed by atoms with Crippen LogP contribution in [0, 0.1) is 10.1 Å². The summed E-state index contributed by atoms with van der Waals surface area (Å²) in [5.74, 6) is -0.863. The molecule has 1 aliphatic carbocycles. The van der Waals surface area contributed by atoms with Gasteiger partial charge >= 0.3 is 0 Å². The summed E-state index contributed by atoms with van der Waals surface area (Å²) < 4.78 is 0. The van der Waals surface area contributed by atoms with Crippen LogP contribution in [0.1, 0.15) is 26.3 Å². The lowest BCUT2D eigenvalue weighted by Crippen LogP contribution is -2.19. The summed E-state index contributed by atoms with van der Waals surface area (Å²) in [7, 11) is 1.45. The number of non-ortho nitro benzene ring substituents is 1. The normalized spacial score (nSPS) is 11.7. The maximum absolute atomic E-state index is 12.5. The Morgan fingerprint density at radius 2 is 1.91 bits per heavy atom. The highest BCUT2D eigenvalue weighted by Crippen LogP contribution is 2.41. The van der Waals surface area contributed by atoms with Gasteiger partial charge in [0.05, 0.1) is 16.2 Å². The molecule has 0 atom stereocenters. The van der Waals surface area contributed by atoms with Crippen LogP contribution < -0.4 is 10.8 Å². The Bertz CT molecular complexity index is 876. The quantitative estimate of drug-likeness (QED) is 0.502. The Labute approximate surface area is 129 Å². The number of amides is 1. The van der Waals surface area contributed by atoms with Crippen LogP contribution in [0.4, 0.5) is 11.4 Å². The third-order valence-corrected chi connectivity index (χ3v) is 3.71. The molecule has 0 fully saturated rings. The molecule has 0 spiro atoms. The number of hydrogen-bond acceptors (Lipinski definition) is 6. The number of ketones is 1. The van der Waals surface area contributed by atoms with E-state index in [9.17, 15) is 19.7 Å². The minimum Gasteiger partial charge on any atom is -0.355 e. The number of anilines is 1. The second-order valence-corrected chi connectivity index (χ2v) is 4.95. The smallest absolute Gasteiger partial charge is 0.270 e. The molecular formula is C15H11N3O5. The Hall–Kier alpha value is -3.26. The Balaban J connectivity index is 2.31. The fourth-order valence-electron chi connectivity index (χ4n) is 2.69. The monoisotopic (exact) mass is 313 g/mol. The highest BCUT2D eigenvalue weighted by Gasteiger charge is 2.32. The summed E-state index contributed by atoms with van der Waals surface area (Å²) in [6, 6.07) is 6.73. The average Bonchev–Trinajstić information content (AvgIpc) is 2.85. The zero-order valence-corrected chi connectivity index (χ0v) is 11.9. The number of rotatable bonds is 3. The van der Waals surface area contributed by atoms with E-state index in [1.807, 2.05) is 5.48 Å². The fraction of sp³-hybridized carbons (Fsp3) is 0.0667. The molecule has 116 valence electrons. The molecule has 0 unspecified atom stereocenters. The maximum atomic E-state index is 12.5. The van der Waals surface area contributed by atoms with Crippen LogP contribution in [0.5, 0.6) is 0 Å². The van der Waals surface area contributed by atoms with Crippen LogP contribution in [0.2, 0.25) is 0 Å². The molecule has 0 bridgehead atoms. The lowest BCUT2D eigenvalue weighted by atomic mass is 9.98. The molecule has 0 radical (unpaired) electrons. The summed E-state index contributed by atoms with van der Waals surface area (Å²) >= 11 is 0. The molecule has 1 amide bonds. The van der Waals surface area contributed by atoms with Gasteiger partial charge in [0.2, 0.25) is 0 Å². The van der Waals surface area contributed by atoms with Crippen molar-refractivity contribution < 1.29 is 19.7 Å². The van der Waals surface area contributed by atoms with E-state index in [-0.39, 0.29) is 28.1 Å². The molecule has 0 saturated heterocycles. The Morgan fingerprint density at radius 1 is 1.17 bits per heavy atom. The van der Waals surface area contributed by atoms with Gasteiger partial charge in [0.1, 0.15) is 0 Å². The van der Waals surface area contributed by atoms with Gasteiger partial charge < -0.3 is 5.32 Å². The van der Waals surface area contributed by atoms with E-state index in [1.165, 1.54) is 37.4 Å². The van der Waals surface area contributed by atoms with E-state index >= 15 is 0 Å². The minimum atomic E-state index is -0.586. The van der Waals surface area contributed by atoms with Crippen LogP contribution in [0.3, 0.4) is 0 Å². The third kappa shape index (κ3) is 2.12. The van der Waals surface area contributed by atoms with Crippen molar-refractivity contribution in [3.8, 4) is 11.1 Å². The van der Waals surface area contributed by atoms with Crippen LogP contribution in [0.15, 0.2) is 30.3 Å². The molecule has 3 rings (SSSR count). The Morgan fingerprint density at radius 3 is 2.52 bits per heavy atom. The van der Waals surface area contributed by atoms with Gasteiger partial charge in [-0.1, -0.05) is 0 Å². The second kappa shape index (κ2) is 5.18. The third-order valence-electron chi connectivity index (χ3n) is 3.71. The van der Waals surface area contributed by atoms with E-state index in [4.69, 9.17) is 5.21 Å². The first-order valence-electron chi connectivity index (χ1n) is 6.61. The van der Waals surface area contributed by atoms with Crippen molar-refractivity contribution in [1.29, 1.82) is 0 Å². The van der Waals surface area contributed by atoms with Crippen LogP contribution in [0.25, 0.3) is 11.1 Å². The van der Waals surface area contributed by atoms with Gasteiger partial charge in [0.25, 0.3) is 11.6 Å². The van der Waals surface area contributed by atoms with Crippen molar-refractivity contribution in [3.63, 3.8) is 0 Å². The number of benzene rings is 2. The number of nitrogens with zero attached hydrogens (tertiary/aromatic N) is 1. The number of fused-ring (bicyclic) bond motifs is 3. The van der Waals surface area contributed by atoms with Gasteiger partial charge in [-0.25, -0.2) is 0 Å². The molecule has 0 aromatic heterocycles. The van der Waals surface area contributed by atoms with Gasteiger partial charge in [-0.15, -0.1) is 0 Å². The molecule has 3 N–H and O–H groups in total. The maximum Gasteiger partial charge on any atom is 0.270 e. The highest BCUT2D eigenvalue weighted by molar-refractivity contribution is 6.25. The number of nitrogens with one attached hydrogen (secondary N) is 2. The number of carbonyl (C=O) groups is 2. The fourth-order valence-corrected chi connectivity index (χ4v) is 2.69. The molecule has 23 heavy (non-hydrogen) atoms. The molecule has 2 aromatic carbocycles. The lowest BCUT2D eigenvalue weighted by Gasteiger charge is -2.10. The average molecular weight is 313 g/mol. The van der Waals surface area contributed by atoms with E-state index in [0.717, 1.165) is 0 Å². The first-order chi connectivity index (χ1) is 11.0. The van der Waals surface area contributed by atoms with Crippen molar-refractivity contribution in [3.05, 3.63) is 57.1 Å². The number of hydrogen-bond donors (Lipinski definition) is 3. The van der Waals surface area contributed by atoms with Crippen LogP contribution in [-0.2, 0) is 0 Å². The largest absolute Gasteiger partial charge is 0.355 e. The lowest BCUT2D eigenvalue weighted by molar-refractivity contribution is -0.384. The first-order valence-corrected chi connectivity index (χ1v) is 6.61. The SMILES string of the molecule is CNC(=O)c1cc(NO)cc2c1-c1ccc([N+](=O)[O-])cc1C2=O. The molecule has 0 saturated carbocycles. The summed E-state index contributed by atoms with van der Waals surface area (Å²) in [6.45, 7) is 0. The number of nitro benzene ring substituents is 1. The number of nitro groups is 1. The predicted molar refractivity (Wildman–Crippen MR) is 80.8 cm³/mol. The van der Waals surface area contributed by atoms with Gasteiger partial charge in [0, 0.05) is 35.9 Å². The van der Waals surface area contributed by atoms with Crippen molar-refractivity contribution >= 4 is 23.1 Å². The molecule has 0 heterocycles. The second-order valence-electron chi connectivity index (χ2n) is 4.95. The van der Waals surface area contributed by atoms with E-state index in [2.05, 4.69) is 5.32 Å². The van der Waals surface area contributed by atoms with Crippen molar-refractivity contribution in [2.24, 2.45) is 0 Å². The standard InChI is InChI=1S/C15H11N3O5/c1-16-15(20)12-5-7(17-21)4-11-13(12)9-3-2-8(18(22)23)6-10(9)14(11)19/h2-6,17,21H,1H3,(H,16,20). The van der Waals surface area contributed by atoms with Gasteiger partial charge in [-0.3, -0.25) is 30.4 Å². The topological polar surface area (TPSA) is 122 Å². The van der Waals surface area contributed by atoms with E-state index < -0.39 is 16.6 Å². The van der Waals surface area contributed by atoms with Gasteiger partial charge in [-0.05, 0) is 23.8 Å². The number of carbonyl (C=O) groups excluding carboxylic acids is 2. The summed E-state index contributed by atoms with van der Waals surface area (Å²) in [4.78, 5) is 34.9. The Kier molecular flexibility index (Phi) is 3.30. The molecule has 0 aliphatic heterocycles. The molecule has 1 aliphatic rings. The van der Waals surface area contributed by atoms with E-state index in [1.54, 1.807) is 0 Å². The summed E-state index contributed by atoms with van der Waals surface area (Å²) in [5, 5.41) is 22.4. The predicted octanol–water partition coefficient (Wildman–Crippen LogP) is 1.97. The van der Waals surface area contributed by atoms with Gasteiger partial charge in [0.15, 0.2) is 5.78 Å². The first kappa shape index (κ1) is 14.7. The van der Waals surface area contributed by atoms with Crippen molar-refractivity contribution in [1.82, 2.24) is 5.32 Å². The highest BCUT2D eigenvalue weighted by atomic mass is 16.6. The minimum absolute atomic E-state index is 0.162. The van der Waals surface area contributed by atoms with E-state index in [0.29, 0.717) is 11.1 Å². The van der Waals surface area contributed by atoms with Crippen LogP contribution >= 0.6 is 0 Å².